The highest BCUT2D eigenvalue weighted by atomic mass is 35.5. The number of amides is 1. The van der Waals surface area contributed by atoms with Crippen molar-refractivity contribution in [3.8, 4) is 23.1 Å². The summed E-state index contributed by atoms with van der Waals surface area (Å²) in [5.74, 6) is 0.487. The van der Waals surface area contributed by atoms with E-state index in [0.717, 1.165) is 5.56 Å². The van der Waals surface area contributed by atoms with Crippen LogP contribution in [0.3, 0.4) is 0 Å². The second kappa shape index (κ2) is 9.27. The molecule has 4 aromatic rings. The fourth-order valence-corrected chi connectivity index (χ4v) is 3.62. The summed E-state index contributed by atoms with van der Waals surface area (Å²) in [6.45, 7) is 0.345. The number of nitrogens with one attached hydrogen (secondary N) is 1. The normalized spacial score (nSPS) is 10.9. The van der Waals surface area contributed by atoms with Gasteiger partial charge >= 0.3 is 0 Å². The van der Waals surface area contributed by atoms with Crippen LogP contribution in [0, 0.1) is 5.82 Å². The van der Waals surface area contributed by atoms with Gasteiger partial charge in [-0.1, -0.05) is 46.7 Å². The van der Waals surface area contributed by atoms with Crippen LogP contribution >= 0.6 is 23.4 Å². The molecule has 2 heterocycles. The maximum absolute atomic E-state index is 13.1. The molecule has 11 heteroatoms. The zero-order valence-corrected chi connectivity index (χ0v) is 17.8. The molecule has 0 bridgehead atoms. The van der Waals surface area contributed by atoms with Crippen molar-refractivity contribution in [3.63, 3.8) is 0 Å². The number of rotatable bonds is 7. The lowest BCUT2D eigenvalue weighted by Gasteiger charge is -2.06. The Kier molecular flexibility index (Phi) is 6.28. The predicted octanol–water partition coefficient (Wildman–Crippen LogP) is 3.73. The summed E-state index contributed by atoms with van der Waals surface area (Å²) >= 11 is 7.32. The minimum absolute atomic E-state index is 0.154. The number of carbonyl (C=O) groups excluding carboxylic acids is 1. The summed E-state index contributed by atoms with van der Waals surface area (Å²) in [6, 6.07) is 13.1. The van der Waals surface area contributed by atoms with Crippen molar-refractivity contribution in [3.05, 3.63) is 64.9 Å². The molecule has 0 aliphatic carbocycles. The monoisotopic (exact) mass is 458 g/mol. The van der Waals surface area contributed by atoms with Crippen molar-refractivity contribution >= 4 is 29.3 Å². The van der Waals surface area contributed by atoms with Crippen LogP contribution in [0.2, 0.25) is 5.02 Å². The van der Waals surface area contributed by atoms with Crippen molar-refractivity contribution < 1.29 is 13.7 Å². The molecule has 0 saturated heterocycles. The maximum atomic E-state index is 13.1. The van der Waals surface area contributed by atoms with Crippen LogP contribution in [0.1, 0.15) is 5.56 Å². The number of benzene rings is 2. The highest BCUT2D eigenvalue weighted by Crippen LogP contribution is 2.24. The third-order valence-corrected chi connectivity index (χ3v) is 5.71. The highest BCUT2D eigenvalue weighted by Gasteiger charge is 2.19. The molecule has 2 aromatic carbocycles. The van der Waals surface area contributed by atoms with Crippen molar-refractivity contribution in [2.24, 2.45) is 7.05 Å². The Morgan fingerprint density at radius 1 is 1.19 bits per heavy atom. The van der Waals surface area contributed by atoms with E-state index in [1.165, 1.54) is 23.9 Å². The first-order valence-corrected chi connectivity index (χ1v) is 10.5. The van der Waals surface area contributed by atoms with Crippen molar-refractivity contribution in [2.75, 3.05) is 5.75 Å². The molecule has 2 aromatic heterocycles. The molecular weight excluding hydrogens is 443 g/mol. The van der Waals surface area contributed by atoms with Gasteiger partial charge in [0.1, 0.15) is 5.82 Å². The van der Waals surface area contributed by atoms with Gasteiger partial charge < -0.3 is 14.4 Å². The largest absolute Gasteiger partial charge is 0.351 e. The van der Waals surface area contributed by atoms with Crippen LogP contribution in [0.5, 0.6) is 0 Å². The highest BCUT2D eigenvalue weighted by molar-refractivity contribution is 7.99. The first kappa shape index (κ1) is 21.0. The Bertz CT molecular complexity index is 1210. The van der Waals surface area contributed by atoms with E-state index in [4.69, 9.17) is 16.1 Å². The van der Waals surface area contributed by atoms with E-state index < -0.39 is 0 Å². The van der Waals surface area contributed by atoms with Gasteiger partial charge in [0, 0.05) is 24.2 Å². The molecule has 1 N–H and O–H groups in total. The molecule has 158 valence electrons. The van der Waals surface area contributed by atoms with Crippen LogP contribution in [-0.4, -0.2) is 36.6 Å². The third-order valence-electron chi connectivity index (χ3n) is 4.32. The van der Waals surface area contributed by atoms with Gasteiger partial charge in [0.2, 0.25) is 17.6 Å². The fourth-order valence-electron chi connectivity index (χ4n) is 2.67. The Hall–Kier alpha value is -3.24. The molecule has 0 fully saturated rings. The Morgan fingerprint density at radius 3 is 2.74 bits per heavy atom. The lowest BCUT2D eigenvalue weighted by Crippen LogP contribution is -2.24. The summed E-state index contributed by atoms with van der Waals surface area (Å²) in [5, 5.41) is 16.0. The average molecular weight is 459 g/mol. The third kappa shape index (κ3) is 4.92. The summed E-state index contributed by atoms with van der Waals surface area (Å²) in [7, 11) is 1.74. The average Bonchev–Trinajstić information content (AvgIpc) is 3.39. The van der Waals surface area contributed by atoms with Crippen LogP contribution < -0.4 is 5.32 Å². The van der Waals surface area contributed by atoms with Gasteiger partial charge in [-0.05, 0) is 35.9 Å². The summed E-state index contributed by atoms with van der Waals surface area (Å²) in [4.78, 5) is 16.5. The number of aromatic nitrogens is 5. The van der Waals surface area contributed by atoms with E-state index in [0.29, 0.717) is 33.9 Å². The Balaban J connectivity index is 1.38. The molecule has 1 amide bonds. The van der Waals surface area contributed by atoms with Gasteiger partial charge in [0.25, 0.3) is 5.89 Å². The van der Waals surface area contributed by atoms with E-state index in [9.17, 15) is 9.18 Å². The fraction of sp³-hybridized carbons (Fsp3) is 0.150. The van der Waals surface area contributed by atoms with E-state index in [-0.39, 0.29) is 23.4 Å². The van der Waals surface area contributed by atoms with E-state index in [1.807, 2.05) is 18.2 Å². The number of nitrogens with zero attached hydrogens (tertiary/aromatic N) is 5. The minimum atomic E-state index is -0.349. The van der Waals surface area contributed by atoms with Gasteiger partial charge in [-0.15, -0.1) is 10.2 Å². The SMILES string of the molecule is Cn1c(SCC(=O)NCc2ccccc2Cl)nnc1-c1nc(-c2ccc(F)cc2)no1. The number of thioether (sulfide) groups is 1. The molecule has 0 aliphatic rings. The molecule has 0 saturated carbocycles. The van der Waals surface area contributed by atoms with Crippen molar-refractivity contribution in [1.29, 1.82) is 0 Å². The number of hydrogen-bond donors (Lipinski definition) is 1. The number of carbonyl (C=O) groups is 1. The van der Waals surface area contributed by atoms with Gasteiger partial charge in [-0.3, -0.25) is 4.79 Å². The quantitative estimate of drug-likeness (QED) is 0.421. The first-order valence-electron chi connectivity index (χ1n) is 9.13. The second-order valence-electron chi connectivity index (χ2n) is 6.45. The topological polar surface area (TPSA) is 98.7 Å². The van der Waals surface area contributed by atoms with Gasteiger partial charge in [0.05, 0.1) is 5.75 Å². The number of hydrogen-bond acceptors (Lipinski definition) is 7. The zero-order valence-electron chi connectivity index (χ0n) is 16.2. The molecule has 0 spiro atoms. The molecule has 31 heavy (non-hydrogen) atoms. The van der Waals surface area contributed by atoms with Crippen LogP contribution in [0.25, 0.3) is 23.1 Å². The molecule has 4 rings (SSSR count). The first-order chi connectivity index (χ1) is 15.0. The lowest BCUT2D eigenvalue weighted by molar-refractivity contribution is -0.118. The molecule has 0 unspecified atom stereocenters. The van der Waals surface area contributed by atoms with Crippen LogP contribution in [0.15, 0.2) is 58.2 Å². The molecule has 8 nitrogen and oxygen atoms in total. The smallest absolute Gasteiger partial charge is 0.296 e. The predicted molar refractivity (Wildman–Crippen MR) is 114 cm³/mol. The second-order valence-corrected chi connectivity index (χ2v) is 7.80. The molecular formula is C20H16ClFN6O2S. The van der Waals surface area contributed by atoms with E-state index in [2.05, 4.69) is 25.7 Å². The van der Waals surface area contributed by atoms with Crippen LogP contribution in [0.4, 0.5) is 4.39 Å². The number of halogens is 2. The van der Waals surface area contributed by atoms with Crippen LogP contribution in [-0.2, 0) is 18.4 Å². The Morgan fingerprint density at radius 2 is 1.97 bits per heavy atom. The van der Waals surface area contributed by atoms with Gasteiger partial charge in [-0.25, -0.2) is 4.39 Å². The standard InChI is InChI=1S/C20H16ClFN6O2S/c1-28-18(19-24-17(27-30-19)12-6-8-14(22)9-7-12)25-26-20(28)31-11-16(29)23-10-13-4-2-3-5-15(13)21/h2-9H,10-11H2,1H3,(H,23,29). The summed E-state index contributed by atoms with van der Waals surface area (Å²) < 4.78 is 20.0. The summed E-state index contributed by atoms with van der Waals surface area (Å²) in [5.41, 5.74) is 1.46. The lowest BCUT2D eigenvalue weighted by atomic mass is 10.2. The van der Waals surface area contributed by atoms with Crippen molar-refractivity contribution in [1.82, 2.24) is 30.2 Å². The summed E-state index contributed by atoms with van der Waals surface area (Å²) in [6.07, 6.45) is 0. The maximum Gasteiger partial charge on any atom is 0.296 e. The molecule has 0 aliphatic heterocycles. The zero-order chi connectivity index (χ0) is 21.8. The van der Waals surface area contributed by atoms with E-state index in [1.54, 1.807) is 29.8 Å². The van der Waals surface area contributed by atoms with Gasteiger partial charge in [0.15, 0.2) is 5.16 Å². The van der Waals surface area contributed by atoms with Gasteiger partial charge in [-0.2, -0.15) is 4.98 Å². The molecule has 0 atom stereocenters. The minimum Gasteiger partial charge on any atom is -0.351 e. The van der Waals surface area contributed by atoms with E-state index >= 15 is 0 Å². The van der Waals surface area contributed by atoms with Crippen molar-refractivity contribution in [2.45, 2.75) is 11.7 Å². The molecule has 0 radical (unpaired) electrons. The Labute approximate surface area is 185 Å².